The first-order chi connectivity index (χ1) is 15.8. The van der Waals surface area contributed by atoms with E-state index in [2.05, 4.69) is 0 Å². The average Bonchev–Trinajstić information content (AvgIpc) is 3.15. The van der Waals surface area contributed by atoms with E-state index in [-0.39, 0.29) is 28.4 Å². The zero-order valence-corrected chi connectivity index (χ0v) is 19.3. The van der Waals surface area contributed by atoms with Gasteiger partial charge in [0.2, 0.25) is 10.0 Å². The molecule has 0 saturated carbocycles. The lowest BCUT2D eigenvalue weighted by molar-refractivity contribution is 0.0526. The third kappa shape index (κ3) is 4.65. The summed E-state index contributed by atoms with van der Waals surface area (Å²) in [5.74, 6) is -0.516. The molecule has 2 aromatic carbocycles. The third-order valence-corrected chi connectivity index (χ3v) is 7.48. The number of sulfonamides is 1. The van der Waals surface area contributed by atoms with Crippen LogP contribution in [0, 0.1) is 6.92 Å². The lowest BCUT2D eigenvalue weighted by Gasteiger charge is -2.25. The van der Waals surface area contributed by atoms with Crippen LogP contribution in [0.4, 0.5) is 0 Å². The number of furan rings is 1. The van der Waals surface area contributed by atoms with Gasteiger partial charge in [0.1, 0.15) is 22.7 Å². The Balaban J connectivity index is 1.53. The fourth-order valence-corrected chi connectivity index (χ4v) is 5.42. The van der Waals surface area contributed by atoms with Gasteiger partial charge in [0.15, 0.2) is 0 Å². The molecule has 3 aromatic rings. The van der Waals surface area contributed by atoms with Gasteiger partial charge in [-0.05, 0) is 69.2 Å². The van der Waals surface area contributed by atoms with Crippen LogP contribution < -0.4 is 4.74 Å². The topological polar surface area (TPSA) is 103 Å². The van der Waals surface area contributed by atoms with Gasteiger partial charge in [-0.15, -0.1) is 0 Å². The standard InChI is InChI=1S/C24H25NO7S/c1-3-30-24(27)22-16(2)31-21-12-9-18(15-20(21)22)32-23(26)17-7-10-19(11-8-17)33(28,29)25-13-5-4-6-14-25/h7-12,15H,3-6,13-14H2,1-2H3. The van der Waals surface area contributed by atoms with Crippen LogP contribution in [-0.4, -0.2) is 44.4 Å². The van der Waals surface area contributed by atoms with Gasteiger partial charge in [0.25, 0.3) is 0 Å². The van der Waals surface area contributed by atoms with E-state index in [1.54, 1.807) is 32.0 Å². The Bertz CT molecular complexity index is 1290. The van der Waals surface area contributed by atoms with E-state index in [0.29, 0.717) is 29.8 Å². The second-order valence-electron chi connectivity index (χ2n) is 7.79. The zero-order chi connectivity index (χ0) is 23.6. The summed E-state index contributed by atoms with van der Waals surface area (Å²) in [6, 6.07) is 10.4. The number of rotatable bonds is 6. The molecule has 0 atom stereocenters. The number of fused-ring (bicyclic) bond motifs is 1. The number of esters is 2. The molecule has 1 aliphatic rings. The highest BCUT2D eigenvalue weighted by molar-refractivity contribution is 7.89. The Hall–Kier alpha value is -3.17. The summed E-state index contributed by atoms with van der Waals surface area (Å²) in [6.07, 6.45) is 2.73. The van der Waals surface area contributed by atoms with Crippen LogP contribution >= 0.6 is 0 Å². The first-order valence-corrected chi connectivity index (χ1v) is 12.3. The highest BCUT2D eigenvalue weighted by atomic mass is 32.2. The Morgan fingerprint density at radius 3 is 2.36 bits per heavy atom. The number of hydrogen-bond acceptors (Lipinski definition) is 7. The largest absolute Gasteiger partial charge is 0.462 e. The van der Waals surface area contributed by atoms with Gasteiger partial charge >= 0.3 is 11.9 Å². The van der Waals surface area contributed by atoms with E-state index in [9.17, 15) is 18.0 Å². The van der Waals surface area contributed by atoms with Crippen molar-refractivity contribution in [3.05, 3.63) is 59.4 Å². The zero-order valence-electron chi connectivity index (χ0n) is 18.5. The molecule has 174 valence electrons. The van der Waals surface area contributed by atoms with Crippen molar-refractivity contribution >= 4 is 32.9 Å². The maximum absolute atomic E-state index is 12.8. The molecule has 9 heteroatoms. The normalized spacial score (nSPS) is 14.8. The molecule has 0 N–H and O–H groups in total. The van der Waals surface area contributed by atoms with Gasteiger partial charge in [-0.25, -0.2) is 18.0 Å². The minimum absolute atomic E-state index is 0.148. The molecule has 1 aromatic heterocycles. The number of piperidine rings is 1. The second-order valence-corrected chi connectivity index (χ2v) is 9.73. The molecule has 0 unspecified atom stereocenters. The smallest absolute Gasteiger partial charge is 0.343 e. The Labute approximate surface area is 192 Å². The van der Waals surface area contributed by atoms with Crippen molar-refractivity contribution < 1.29 is 31.9 Å². The molecule has 0 amide bonds. The van der Waals surface area contributed by atoms with Crippen molar-refractivity contribution in [3.63, 3.8) is 0 Å². The fourth-order valence-electron chi connectivity index (χ4n) is 3.90. The molecule has 1 fully saturated rings. The van der Waals surface area contributed by atoms with Crippen molar-refractivity contribution in [3.8, 4) is 5.75 Å². The van der Waals surface area contributed by atoms with E-state index < -0.39 is 22.0 Å². The van der Waals surface area contributed by atoms with E-state index in [0.717, 1.165) is 19.3 Å². The number of ether oxygens (including phenoxy) is 2. The molecule has 2 heterocycles. The molecular weight excluding hydrogens is 446 g/mol. The quantitative estimate of drug-likeness (QED) is 0.390. The van der Waals surface area contributed by atoms with Crippen molar-refractivity contribution in [2.75, 3.05) is 19.7 Å². The maximum atomic E-state index is 12.8. The van der Waals surface area contributed by atoms with Crippen molar-refractivity contribution in [2.45, 2.75) is 38.0 Å². The molecule has 1 aliphatic heterocycles. The summed E-state index contributed by atoms with van der Waals surface area (Å²) in [6.45, 7) is 4.62. The molecule has 8 nitrogen and oxygen atoms in total. The molecule has 0 aliphatic carbocycles. The lowest BCUT2D eigenvalue weighted by atomic mass is 10.1. The van der Waals surface area contributed by atoms with E-state index >= 15 is 0 Å². The van der Waals surface area contributed by atoms with Crippen LogP contribution in [0.2, 0.25) is 0 Å². The summed E-state index contributed by atoms with van der Waals surface area (Å²) < 4.78 is 43.2. The van der Waals surface area contributed by atoms with Crippen LogP contribution in [0.25, 0.3) is 11.0 Å². The highest BCUT2D eigenvalue weighted by Crippen LogP contribution is 2.30. The molecule has 0 radical (unpaired) electrons. The van der Waals surface area contributed by atoms with E-state index in [1.165, 1.54) is 28.6 Å². The van der Waals surface area contributed by atoms with Gasteiger partial charge in [0, 0.05) is 18.5 Å². The van der Waals surface area contributed by atoms with Gasteiger partial charge in [0.05, 0.1) is 17.1 Å². The Morgan fingerprint density at radius 2 is 1.70 bits per heavy atom. The minimum Gasteiger partial charge on any atom is -0.462 e. The predicted octanol–water partition coefficient (Wildman–Crippen LogP) is 4.31. The van der Waals surface area contributed by atoms with E-state index in [4.69, 9.17) is 13.9 Å². The first-order valence-electron chi connectivity index (χ1n) is 10.8. The second kappa shape index (κ2) is 9.36. The van der Waals surface area contributed by atoms with Crippen LogP contribution in [0.15, 0.2) is 51.8 Å². The number of hydrogen-bond donors (Lipinski definition) is 0. The number of carbonyl (C=O) groups excluding carboxylic acids is 2. The number of carbonyl (C=O) groups is 2. The molecule has 0 spiro atoms. The molecule has 0 bridgehead atoms. The van der Waals surface area contributed by atoms with Crippen LogP contribution in [0.3, 0.4) is 0 Å². The van der Waals surface area contributed by atoms with Gasteiger partial charge in [-0.1, -0.05) is 6.42 Å². The van der Waals surface area contributed by atoms with Gasteiger partial charge < -0.3 is 13.9 Å². The van der Waals surface area contributed by atoms with Crippen molar-refractivity contribution in [1.29, 1.82) is 0 Å². The monoisotopic (exact) mass is 471 g/mol. The van der Waals surface area contributed by atoms with Crippen molar-refractivity contribution in [1.82, 2.24) is 4.31 Å². The van der Waals surface area contributed by atoms with Crippen LogP contribution in [0.5, 0.6) is 5.75 Å². The number of benzene rings is 2. The molecule has 4 rings (SSSR count). The lowest BCUT2D eigenvalue weighted by Crippen LogP contribution is -2.35. The minimum atomic E-state index is -3.58. The summed E-state index contributed by atoms with van der Waals surface area (Å²) in [4.78, 5) is 25.1. The van der Waals surface area contributed by atoms with Gasteiger partial charge in [-0.2, -0.15) is 4.31 Å². The Kier molecular flexibility index (Phi) is 6.53. The highest BCUT2D eigenvalue weighted by Gasteiger charge is 2.26. The summed E-state index contributed by atoms with van der Waals surface area (Å²) in [7, 11) is -3.58. The Morgan fingerprint density at radius 1 is 1.00 bits per heavy atom. The number of aryl methyl sites for hydroxylation is 1. The summed E-state index contributed by atoms with van der Waals surface area (Å²) >= 11 is 0. The molecule has 1 saturated heterocycles. The first kappa shape index (κ1) is 23.0. The summed E-state index contributed by atoms with van der Waals surface area (Å²) in [5.41, 5.74) is 0.973. The maximum Gasteiger partial charge on any atom is 0.343 e. The van der Waals surface area contributed by atoms with E-state index in [1.807, 2.05) is 0 Å². The van der Waals surface area contributed by atoms with Crippen LogP contribution in [0.1, 0.15) is 52.7 Å². The van der Waals surface area contributed by atoms with Crippen molar-refractivity contribution in [2.24, 2.45) is 0 Å². The fraction of sp³-hybridized carbons (Fsp3) is 0.333. The predicted molar refractivity (Wildman–Crippen MR) is 121 cm³/mol. The number of nitrogens with zero attached hydrogens (tertiary/aromatic N) is 1. The molecular formula is C24H25NO7S. The van der Waals surface area contributed by atoms with Crippen LogP contribution in [-0.2, 0) is 14.8 Å². The third-order valence-electron chi connectivity index (χ3n) is 5.57. The summed E-state index contributed by atoms with van der Waals surface area (Å²) in [5, 5.41) is 0.485. The molecule has 33 heavy (non-hydrogen) atoms. The van der Waals surface area contributed by atoms with Gasteiger partial charge in [-0.3, -0.25) is 0 Å². The average molecular weight is 472 g/mol. The SMILES string of the molecule is CCOC(=O)c1c(C)oc2ccc(OC(=O)c3ccc(S(=O)(=O)N4CCCCC4)cc3)cc12.